The molecule has 0 N–H and O–H groups in total. The Morgan fingerprint density at radius 3 is 2.60 bits per heavy atom. The number of nitrogens with zero attached hydrogens (tertiary/aromatic N) is 6. The molecule has 30 heavy (non-hydrogen) atoms. The summed E-state index contributed by atoms with van der Waals surface area (Å²) in [5.41, 5.74) is 1.36. The summed E-state index contributed by atoms with van der Waals surface area (Å²) in [5, 5.41) is 4.61. The van der Waals surface area contributed by atoms with Crippen molar-refractivity contribution in [3.05, 3.63) is 17.0 Å². The van der Waals surface area contributed by atoms with Gasteiger partial charge in [-0.25, -0.2) is 9.79 Å². The van der Waals surface area contributed by atoms with Gasteiger partial charge in [0, 0.05) is 46.2 Å². The van der Waals surface area contributed by atoms with E-state index in [-0.39, 0.29) is 31.4 Å². The second-order valence-corrected chi connectivity index (χ2v) is 9.04. The van der Waals surface area contributed by atoms with E-state index in [2.05, 4.69) is 10.1 Å². The Hall–Kier alpha value is -2.91. The van der Waals surface area contributed by atoms with Crippen LogP contribution in [0.5, 0.6) is 0 Å². The summed E-state index contributed by atoms with van der Waals surface area (Å²) in [6.45, 7) is 6.72. The second kappa shape index (κ2) is 8.08. The highest BCUT2D eigenvalue weighted by atomic mass is 16.6. The molecule has 2 aliphatic heterocycles. The van der Waals surface area contributed by atoms with Crippen molar-refractivity contribution in [1.29, 1.82) is 0 Å². The number of rotatable bonds is 2. The minimum absolute atomic E-state index is 0.207. The molecule has 10 nitrogen and oxygen atoms in total. The molecule has 1 atom stereocenters. The lowest BCUT2D eigenvalue weighted by atomic mass is 10.1. The van der Waals surface area contributed by atoms with E-state index in [0.29, 0.717) is 18.7 Å². The van der Waals surface area contributed by atoms with Crippen molar-refractivity contribution in [2.45, 2.75) is 45.9 Å². The summed E-state index contributed by atoms with van der Waals surface area (Å²) in [4.78, 5) is 47.0. The molecule has 164 valence electrons. The van der Waals surface area contributed by atoms with Crippen LogP contribution in [0.4, 0.5) is 4.79 Å². The highest BCUT2D eigenvalue weighted by Crippen LogP contribution is 2.27. The first-order chi connectivity index (χ1) is 14.0. The molecule has 10 heteroatoms. The zero-order valence-electron chi connectivity index (χ0n) is 18.5. The molecule has 0 bridgehead atoms. The molecule has 2 aliphatic rings. The van der Waals surface area contributed by atoms with Crippen LogP contribution in [0.2, 0.25) is 0 Å². The minimum Gasteiger partial charge on any atom is -0.444 e. The van der Waals surface area contributed by atoms with Crippen LogP contribution in [-0.2, 0) is 29.0 Å². The Labute approximate surface area is 176 Å². The minimum atomic E-state index is -0.593. The Morgan fingerprint density at radius 1 is 1.27 bits per heavy atom. The van der Waals surface area contributed by atoms with E-state index in [4.69, 9.17) is 4.74 Å². The topological polar surface area (TPSA) is 100 Å². The largest absolute Gasteiger partial charge is 0.444 e. The van der Waals surface area contributed by atoms with Crippen LogP contribution in [0.25, 0.3) is 0 Å². The molecule has 0 aliphatic carbocycles. The fourth-order valence-corrected chi connectivity index (χ4v) is 3.57. The van der Waals surface area contributed by atoms with Crippen LogP contribution >= 0.6 is 0 Å². The molecule has 3 rings (SSSR count). The molecule has 3 heterocycles. The SMILES string of the molecule is CN(C)C=NC(=O)C1CN(C)C(=O)c2c3c(nn2C1)CCN(C(=O)OC(C)(C)C)C3. The number of hydrogen-bond acceptors (Lipinski definition) is 5. The number of carbonyl (C=O) groups excluding carboxylic acids is 3. The Kier molecular flexibility index (Phi) is 5.87. The molecule has 1 aromatic rings. The third-order valence-electron chi connectivity index (χ3n) is 4.95. The Morgan fingerprint density at radius 2 is 1.97 bits per heavy atom. The molecule has 0 radical (unpaired) electrons. The maximum atomic E-state index is 13.1. The highest BCUT2D eigenvalue weighted by molar-refractivity contribution is 5.95. The molecular weight excluding hydrogens is 388 g/mol. The first-order valence-corrected chi connectivity index (χ1v) is 10.0. The van der Waals surface area contributed by atoms with Crippen LogP contribution < -0.4 is 0 Å². The van der Waals surface area contributed by atoms with E-state index in [0.717, 1.165) is 11.3 Å². The number of aliphatic imine (C=N–C) groups is 1. The van der Waals surface area contributed by atoms with Gasteiger partial charge in [0.15, 0.2) is 0 Å². The van der Waals surface area contributed by atoms with Crippen LogP contribution in [0.15, 0.2) is 4.99 Å². The normalized spacial score (nSPS) is 19.4. The van der Waals surface area contributed by atoms with E-state index in [1.165, 1.54) is 11.2 Å². The van der Waals surface area contributed by atoms with Gasteiger partial charge in [0.1, 0.15) is 11.3 Å². The molecule has 3 amide bonds. The lowest BCUT2D eigenvalue weighted by molar-refractivity contribution is -0.122. The monoisotopic (exact) mass is 418 g/mol. The number of amides is 3. The summed E-state index contributed by atoms with van der Waals surface area (Å²) in [7, 11) is 5.24. The predicted molar refractivity (Wildman–Crippen MR) is 110 cm³/mol. The van der Waals surface area contributed by atoms with Crippen molar-refractivity contribution in [2.24, 2.45) is 10.9 Å². The fraction of sp³-hybridized carbons (Fsp3) is 0.650. The average Bonchev–Trinajstić information content (AvgIpc) is 2.94. The molecule has 0 saturated carbocycles. The Balaban J connectivity index is 1.87. The lowest BCUT2D eigenvalue weighted by Crippen LogP contribution is -2.40. The van der Waals surface area contributed by atoms with Gasteiger partial charge >= 0.3 is 6.09 Å². The summed E-state index contributed by atoms with van der Waals surface area (Å²) < 4.78 is 7.09. The number of aromatic nitrogens is 2. The van der Waals surface area contributed by atoms with Crippen LogP contribution in [-0.4, -0.2) is 88.6 Å². The summed E-state index contributed by atoms with van der Waals surface area (Å²) in [5.74, 6) is -0.985. The van der Waals surface area contributed by atoms with Crippen molar-refractivity contribution < 1.29 is 19.1 Å². The van der Waals surface area contributed by atoms with Gasteiger partial charge < -0.3 is 19.4 Å². The first kappa shape index (κ1) is 21.8. The van der Waals surface area contributed by atoms with Gasteiger partial charge in [-0.15, -0.1) is 0 Å². The molecule has 0 fully saturated rings. The first-order valence-electron chi connectivity index (χ1n) is 10.0. The zero-order chi connectivity index (χ0) is 22.2. The van der Waals surface area contributed by atoms with Crippen molar-refractivity contribution in [1.82, 2.24) is 24.5 Å². The van der Waals surface area contributed by atoms with Gasteiger partial charge in [-0.1, -0.05) is 0 Å². The van der Waals surface area contributed by atoms with Gasteiger partial charge in [-0.05, 0) is 20.8 Å². The van der Waals surface area contributed by atoms with E-state index in [9.17, 15) is 14.4 Å². The van der Waals surface area contributed by atoms with Crippen LogP contribution in [0, 0.1) is 5.92 Å². The highest BCUT2D eigenvalue weighted by Gasteiger charge is 2.37. The number of hydrogen-bond donors (Lipinski definition) is 0. The maximum absolute atomic E-state index is 13.1. The van der Waals surface area contributed by atoms with E-state index < -0.39 is 17.6 Å². The molecule has 0 spiro atoms. The number of ether oxygens (including phenoxy) is 1. The van der Waals surface area contributed by atoms with E-state index in [1.54, 1.807) is 35.6 Å². The molecule has 0 saturated heterocycles. The smallest absolute Gasteiger partial charge is 0.410 e. The fourth-order valence-electron chi connectivity index (χ4n) is 3.57. The van der Waals surface area contributed by atoms with Gasteiger partial charge in [0.2, 0.25) is 0 Å². The molecule has 0 aromatic carbocycles. The van der Waals surface area contributed by atoms with Crippen molar-refractivity contribution >= 4 is 24.2 Å². The van der Waals surface area contributed by atoms with Crippen molar-refractivity contribution in [3.8, 4) is 0 Å². The summed E-state index contributed by atoms with van der Waals surface area (Å²) in [6.07, 6.45) is 1.58. The van der Waals surface area contributed by atoms with E-state index >= 15 is 0 Å². The van der Waals surface area contributed by atoms with Crippen molar-refractivity contribution in [3.63, 3.8) is 0 Å². The van der Waals surface area contributed by atoms with Crippen LogP contribution in [0.3, 0.4) is 0 Å². The summed E-state index contributed by atoms with van der Waals surface area (Å²) >= 11 is 0. The number of carbonyl (C=O) groups is 3. The van der Waals surface area contributed by atoms with Gasteiger partial charge in [-0.3, -0.25) is 14.3 Å². The standard InChI is InChI=1S/C20H30N6O4/c1-20(2,3)30-19(29)25-8-7-15-14(11-25)16-18(28)24(6)9-13(10-26(16)22-15)17(27)21-12-23(4)5/h12-13H,7-11H2,1-6H3. The molecule has 1 unspecified atom stereocenters. The van der Waals surface area contributed by atoms with Crippen LogP contribution in [0.1, 0.15) is 42.5 Å². The Bertz CT molecular complexity index is 883. The molecule has 1 aromatic heterocycles. The number of fused-ring (bicyclic) bond motifs is 3. The van der Waals surface area contributed by atoms with Gasteiger partial charge in [0.25, 0.3) is 11.8 Å². The van der Waals surface area contributed by atoms with Gasteiger partial charge in [-0.2, -0.15) is 5.10 Å². The predicted octanol–water partition coefficient (Wildman–Crippen LogP) is 0.995. The summed E-state index contributed by atoms with van der Waals surface area (Å²) in [6, 6.07) is 0. The quantitative estimate of drug-likeness (QED) is 0.525. The zero-order valence-corrected chi connectivity index (χ0v) is 18.5. The van der Waals surface area contributed by atoms with Crippen molar-refractivity contribution in [2.75, 3.05) is 34.2 Å². The third kappa shape index (κ3) is 4.63. The third-order valence-corrected chi connectivity index (χ3v) is 4.95. The van der Waals surface area contributed by atoms with Gasteiger partial charge in [0.05, 0.1) is 31.0 Å². The molecular formula is C20H30N6O4. The second-order valence-electron chi connectivity index (χ2n) is 9.04. The van der Waals surface area contributed by atoms with E-state index in [1.807, 2.05) is 20.8 Å². The average molecular weight is 418 g/mol. The maximum Gasteiger partial charge on any atom is 0.410 e. The lowest BCUT2D eigenvalue weighted by Gasteiger charge is -2.30.